The third-order valence-electron chi connectivity index (χ3n) is 3.06. The Kier molecular flexibility index (Phi) is 4.47. The molecule has 0 aliphatic rings. The minimum Gasteiger partial charge on any atom is -0.309 e. The van der Waals surface area contributed by atoms with Gasteiger partial charge in [0.2, 0.25) is 0 Å². The molecule has 0 saturated carbocycles. The van der Waals surface area contributed by atoms with Crippen molar-refractivity contribution in [3.63, 3.8) is 0 Å². The van der Waals surface area contributed by atoms with E-state index >= 15 is 0 Å². The molecule has 0 unspecified atom stereocenters. The maximum Gasteiger partial charge on any atom is 0.163 e. The van der Waals surface area contributed by atoms with E-state index in [1.165, 1.54) is 0 Å². The van der Waals surface area contributed by atoms with Crippen LogP contribution in [0.5, 0.6) is 0 Å². The number of hydrogen-bond donors (Lipinski definition) is 0. The van der Waals surface area contributed by atoms with Gasteiger partial charge in [-0.3, -0.25) is 0 Å². The van der Waals surface area contributed by atoms with Crippen molar-refractivity contribution >= 4 is 25.8 Å². The molecule has 0 aliphatic carbocycles. The predicted octanol–water partition coefficient (Wildman–Crippen LogP) is 4.39. The van der Waals surface area contributed by atoms with Gasteiger partial charge < -0.3 is 4.57 Å². The normalized spacial score (nSPS) is 12.8. The van der Waals surface area contributed by atoms with Gasteiger partial charge in [0.1, 0.15) is 0 Å². The molecule has 20 heavy (non-hydrogen) atoms. The minimum absolute atomic E-state index is 0.903. The van der Waals surface area contributed by atoms with Crippen LogP contribution in [0.4, 0.5) is 0 Å². The van der Waals surface area contributed by atoms with E-state index < -0.39 is 15.2 Å². The molecule has 0 bridgehead atoms. The van der Waals surface area contributed by atoms with Crippen LogP contribution in [0.3, 0.4) is 0 Å². The fourth-order valence-electron chi connectivity index (χ4n) is 1.95. The molecule has 104 valence electrons. The lowest BCUT2D eigenvalue weighted by Gasteiger charge is -2.17. The molecule has 0 N–H and O–H groups in total. The van der Waals surface area contributed by atoms with Crippen LogP contribution in [0.2, 0.25) is 19.6 Å². The zero-order valence-corrected chi connectivity index (χ0v) is 14.2. The minimum atomic E-state index is -2.67. The molecule has 3 heteroatoms. The highest BCUT2D eigenvalue weighted by Crippen LogP contribution is 2.45. The van der Waals surface area contributed by atoms with E-state index in [1.54, 1.807) is 0 Å². The average molecular weight is 300 g/mol. The summed E-state index contributed by atoms with van der Waals surface area (Å²) < 4.78 is 13.6. The van der Waals surface area contributed by atoms with Gasteiger partial charge in [-0.25, -0.2) is 0 Å². The lowest BCUT2D eigenvalue weighted by atomic mass is 10.4. The van der Waals surface area contributed by atoms with Crippen LogP contribution in [0.1, 0.15) is 0 Å². The Morgan fingerprint density at radius 1 is 0.800 bits per heavy atom. The molecule has 0 aromatic heterocycles. The molecule has 0 saturated heterocycles. The van der Waals surface area contributed by atoms with Crippen LogP contribution in [0, 0.1) is 0 Å². The molecule has 0 atom stereocenters. The van der Waals surface area contributed by atoms with Crippen LogP contribution < -0.4 is 10.6 Å². The van der Waals surface area contributed by atoms with Crippen molar-refractivity contribution in [2.45, 2.75) is 19.6 Å². The molecule has 0 heterocycles. The van der Waals surface area contributed by atoms with Crippen molar-refractivity contribution in [1.82, 2.24) is 0 Å². The Morgan fingerprint density at radius 3 is 1.55 bits per heavy atom. The molecule has 0 radical (unpaired) electrons. The smallest absolute Gasteiger partial charge is 0.163 e. The van der Waals surface area contributed by atoms with E-state index in [9.17, 15) is 4.57 Å². The molecule has 0 amide bonds. The molecular formula is C17H21OPSi. The van der Waals surface area contributed by atoms with Crippen LogP contribution in [-0.2, 0) is 4.57 Å². The zero-order valence-electron chi connectivity index (χ0n) is 12.3. The molecule has 2 aromatic rings. The van der Waals surface area contributed by atoms with Crippen molar-refractivity contribution in [3.05, 3.63) is 72.2 Å². The molecule has 2 aromatic carbocycles. The van der Waals surface area contributed by atoms with Gasteiger partial charge in [0.15, 0.2) is 7.14 Å². The zero-order chi connectivity index (χ0) is 14.6. The number of benzene rings is 2. The first-order valence-electron chi connectivity index (χ1n) is 6.83. The average Bonchev–Trinajstić information content (AvgIpc) is 2.46. The Morgan fingerprint density at radius 2 is 1.20 bits per heavy atom. The summed E-state index contributed by atoms with van der Waals surface area (Å²) >= 11 is 0. The third kappa shape index (κ3) is 3.59. The molecule has 2 rings (SSSR count). The second-order valence-electron chi connectivity index (χ2n) is 6.01. The summed E-state index contributed by atoms with van der Waals surface area (Å²) in [7, 11) is -4.05. The Labute approximate surface area is 122 Å². The Balaban J connectivity index is 2.56. The first-order chi connectivity index (χ1) is 9.42. The Hall–Kier alpha value is -1.37. The number of rotatable bonds is 4. The summed E-state index contributed by atoms with van der Waals surface area (Å²) in [5, 5.41) is 1.81. The molecule has 0 aliphatic heterocycles. The van der Waals surface area contributed by atoms with Crippen molar-refractivity contribution in [2.75, 3.05) is 0 Å². The van der Waals surface area contributed by atoms with E-state index in [0.29, 0.717) is 0 Å². The highest BCUT2D eigenvalue weighted by molar-refractivity contribution is 7.81. The van der Waals surface area contributed by atoms with Crippen molar-refractivity contribution < 1.29 is 4.57 Å². The third-order valence-corrected chi connectivity index (χ3v) is 7.21. The SMILES string of the molecule is C[Si](C)(C)/C=C/P(=O)(c1ccccc1)c1ccccc1. The summed E-state index contributed by atoms with van der Waals surface area (Å²) in [5.74, 6) is 1.96. The fraction of sp³-hybridized carbons (Fsp3) is 0.176. The van der Waals surface area contributed by atoms with Gasteiger partial charge in [-0.2, -0.15) is 0 Å². The van der Waals surface area contributed by atoms with E-state index in [2.05, 4.69) is 25.3 Å². The molecule has 1 nitrogen and oxygen atoms in total. The van der Waals surface area contributed by atoms with E-state index in [-0.39, 0.29) is 0 Å². The second kappa shape index (κ2) is 5.95. The van der Waals surface area contributed by atoms with Crippen LogP contribution >= 0.6 is 7.14 Å². The van der Waals surface area contributed by atoms with Crippen molar-refractivity contribution in [1.29, 1.82) is 0 Å². The summed E-state index contributed by atoms with van der Waals surface area (Å²) in [6, 6.07) is 19.6. The summed E-state index contributed by atoms with van der Waals surface area (Å²) in [5.41, 5.74) is 2.19. The van der Waals surface area contributed by atoms with E-state index in [4.69, 9.17) is 0 Å². The standard InChI is InChI=1S/C17H21OPSi/c1-20(2,3)15-14-19(18,16-10-6-4-7-11-16)17-12-8-5-9-13-17/h4-15H,1-3H3/b15-14+. The lowest BCUT2D eigenvalue weighted by molar-refractivity contribution is 0.592. The van der Waals surface area contributed by atoms with E-state index in [0.717, 1.165) is 10.6 Å². The Bertz CT molecular complexity index is 584. The summed E-state index contributed by atoms with van der Waals surface area (Å²) in [6.45, 7) is 6.76. The quantitative estimate of drug-likeness (QED) is 0.604. The van der Waals surface area contributed by atoms with Gasteiger partial charge >= 0.3 is 0 Å². The van der Waals surface area contributed by atoms with Crippen LogP contribution in [-0.4, -0.2) is 8.07 Å². The molecular weight excluding hydrogens is 279 g/mol. The van der Waals surface area contributed by atoms with Gasteiger partial charge in [-0.15, -0.1) is 0 Å². The van der Waals surface area contributed by atoms with E-state index in [1.807, 2.05) is 66.5 Å². The van der Waals surface area contributed by atoms with Gasteiger partial charge in [-0.1, -0.05) is 86.0 Å². The van der Waals surface area contributed by atoms with Crippen molar-refractivity contribution in [3.8, 4) is 0 Å². The molecule has 0 fully saturated rings. The fourth-order valence-corrected chi connectivity index (χ4v) is 6.45. The monoisotopic (exact) mass is 300 g/mol. The highest BCUT2D eigenvalue weighted by atomic mass is 31.2. The largest absolute Gasteiger partial charge is 0.309 e. The van der Waals surface area contributed by atoms with Crippen LogP contribution in [0.25, 0.3) is 0 Å². The van der Waals surface area contributed by atoms with Gasteiger partial charge in [0, 0.05) is 10.6 Å². The summed E-state index contributed by atoms with van der Waals surface area (Å²) in [6.07, 6.45) is 0. The first-order valence-corrected chi connectivity index (χ1v) is 12.2. The summed E-state index contributed by atoms with van der Waals surface area (Å²) in [4.78, 5) is 0. The highest BCUT2D eigenvalue weighted by Gasteiger charge is 2.24. The lowest BCUT2D eigenvalue weighted by Crippen LogP contribution is -2.18. The van der Waals surface area contributed by atoms with Crippen LogP contribution in [0.15, 0.2) is 72.2 Å². The van der Waals surface area contributed by atoms with Gasteiger partial charge in [-0.05, 0) is 5.82 Å². The maximum absolute atomic E-state index is 13.6. The number of hydrogen-bond acceptors (Lipinski definition) is 1. The predicted molar refractivity (Wildman–Crippen MR) is 92.2 cm³/mol. The van der Waals surface area contributed by atoms with Gasteiger partial charge in [0.05, 0.1) is 8.07 Å². The first kappa shape index (κ1) is 15.0. The van der Waals surface area contributed by atoms with Gasteiger partial charge in [0.25, 0.3) is 0 Å². The molecule has 0 spiro atoms. The maximum atomic E-state index is 13.6. The second-order valence-corrected chi connectivity index (χ2v) is 13.7. The topological polar surface area (TPSA) is 17.1 Å². The van der Waals surface area contributed by atoms with Crippen molar-refractivity contribution in [2.24, 2.45) is 0 Å².